The normalized spacial score (nSPS) is 53.5. The first-order valence-corrected chi connectivity index (χ1v) is 24.3. The smallest absolute Gasteiger partial charge is 0.187 e. The third-order valence-corrected chi connectivity index (χ3v) is 18.7. The molecule has 0 aromatic rings. The van der Waals surface area contributed by atoms with Crippen molar-refractivity contribution in [1.82, 2.24) is 0 Å². The van der Waals surface area contributed by atoms with E-state index in [9.17, 15) is 61.3 Å². The zero-order chi connectivity index (χ0) is 48.8. The van der Waals surface area contributed by atoms with E-state index in [0.29, 0.717) is 51.4 Å². The zero-order valence-corrected chi connectivity index (χ0v) is 40.2. The molecule has 7 rings (SSSR count). The molecule has 4 saturated carbocycles. The highest BCUT2D eigenvalue weighted by Gasteiger charge is 2.74. The first-order valence-electron chi connectivity index (χ1n) is 24.3. The van der Waals surface area contributed by atoms with Crippen LogP contribution >= 0.6 is 0 Å². The van der Waals surface area contributed by atoms with Gasteiger partial charge in [-0.05, 0) is 124 Å². The minimum atomic E-state index is -1.75. The number of hydrogen-bond donors (Lipinski definition) is 12. The topological polar surface area (TPSA) is 298 Å². The Kier molecular flexibility index (Phi) is 15.4. The van der Waals surface area contributed by atoms with E-state index in [4.69, 9.17) is 28.4 Å². The fourth-order valence-corrected chi connectivity index (χ4v) is 14.9. The molecule has 0 spiro atoms. The quantitative estimate of drug-likeness (QED) is 0.0904. The summed E-state index contributed by atoms with van der Waals surface area (Å²) >= 11 is 0. The summed E-state index contributed by atoms with van der Waals surface area (Å²) in [5.41, 5.74) is -2.43. The Balaban J connectivity index is 1.27. The molecule has 0 amide bonds. The van der Waals surface area contributed by atoms with Crippen molar-refractivity contribution in [1.29, 1.82) is 0 Å². The Morgan fingerprint density at radius 1 is 0.682 bits per heavy atom. The van der Waals surface area contributed by atoms with Crippen LogP contribution in [0.5, 0.6) is 0 Å². The van der Waals surface area contributed by atoms with Gasteiger partial charge in [0.05, 0.1) is 43.2 Å². The van der Waals surface area contributed by atoms with Gasteiger partial charge in [0, 0.05) is 0 Å². The molecule has 3 heterocycles. The van der Waals surface area contributed by atoms with Crippen LogP contribution in [0.1, 0.15) is 114 Å². The summed E-state index contributed by atoms with van der Waals surface area (Å²) in [6, 6.07) is 0. The third-order valence-electron chi connectivity index (χ3n) is 18.7. The molecule has 0 aromatic carbocycles. The molecule has 0 radical (unpaired) electrons. The number of rotatable bonds is 12. The molecule has 382 valence electrons. The van der Waals surface area contributed by atoms with Gasteiger partial charge in [-0.1, -0.05) is 46.3 Å². The first kappa shape index (κ1) is 52.8. The maximum atomic E-state index is 12.7. The summed E-state index contributed by atoms with van der Waals surface area (Å²) in [6.45, 7) is 16.8. The van der Waals surface area contributed by atoms with Crippen molar-refractivity contribution >= 4 is 0 Å². The molecule has 0 aromatic heterocycles. The molecule has 7 aliphatic rings. The van der Waals surface area contributed by atoms with Crippen molar-refractivity contribution in [2.24, 2.45) is 45.3 Å². The van der Waals surface area contributed by atoms with Crippen molar-refractivity contribution in [3.8, 4) is 0 Å². The van der Waals surface area contributed by atoms with Gasteiger partial charge < -0.3 is 89.7 Å². The number of aliphatic hydroxyl groups excluding tert-OH is 12. The van der Waals surface area contributed by atoms with E-state index in [-0.39, 0.29) is 23.7 Å². The molecule has 18 nitrogen and oxygen atoms in total. The molecule has 0 bridgehead atoms. The standard InChI is InChI=1S/C48H82O18/c1-21(2)11-10-14-48(9,66-42-38(60)35(57)32(54)26(19-49)63-42)23-12-16-46(7)30(23)24(51)17-28-45(6)15-13-29(52)44(4,5)40(45)25(18-47(28,46)8)62-43-39(36(58)33(55)27(20-50)64-43)65-41-37(59)34(56)31(53)22(3)61-41/h11,22-43,49-60H,10,12-20H2,1-9H3/t22-,23+,24+,25-,26+,27+,28+,29-,30+,31-,32+,33+,34+,35-,36-,37+,38+,39+,40-,41-,42-,43+,45+,46+,47+,48-/m0/s1. The highest BCUT2D eigenvalue weighted by atomic mass is 16.8. The van der Waals surface area contributed by atoms with Crippen molar-refractivity contribution in [3.63, 3.8) is 0 Å². The number of fused-ring (bicyclic) bond motifs is 5. The lowest BCUT2D eigenvalue weighted by molar-refractivity contribution is -0.382. The Labute approximate surface area is 388 Å². The molecule has 4 aliphatic carbocycles. The van der Waals surface area contributed by atoms with Crippen LogP contribution in [0.15, 0.2) is 11.6 Å². The van der Waals surface area contributed by atoms with Crippen LogP contribution in [0.3, 0.4) is 0 Å². The van der Waals surface area contributed by atoms with E-state index >= 15 is 0 Å². The number of ether oxygens (including phenoxy) is 6. The summed E-state index contributed by atoms with van der Waals surface area (Å²) in [6.07, 6.45) is -18.3. The minimum Gasteiger partial charge on any atom is -0.394 e. The monoisotopic (exact) mass is 947 g/mol. The molecule has 3 aliphatic heterocycles. The molecule has 0 unspecified atom stereocenters. The van der Waals surface area contributed by atoms with Crippen LogP contribution in [0.4, 0.5) is 0 Å². The third kappa shape index (κ3) is 8.69. The van der Waals surface area contributed by atoms with Gasteiger partial charge >= 0.3 is 0 Å². The van der Waals surface area contributed by atoms with Crippen LogP contribution in [0.2, 0.25) is 0 Å². The van der Waals surface area contributed by atoms with E-state index in [1.54, 1.807) is 0 Å². The first-order chi connectivity index (χ1) is 30.7. The maximum Gasteiger partial charge on any atom is 0.187 e. The second kappa shape index (κ2) is 19.2. The fraction of sp³-hybridized carbons (Fsp3) is 0.958. The summed E-state index contributed by atoms with van der Waals surface area (Å²) in [5.74, 6) is -1.12. The molecule has 26 atom stereocenters. The van der Waals surface area contributed by atoms with Crippen molar-refractivity contribution in [2.45, 2.75) is 230 Å². The average molecular weight is 947 g/mol. The second-order valence-corrected chi connectivity index (χ2v) is 23.0. The van der Waals surface area contributed by atoms with Gasteiger partial charge in [-0.25, -0.2) is 0 Å². The van der Waals surface area contributed by atoms with E-state index < -0.39 is 151 Å². The maximum absolute atomic E-state index is 12.7. The summed E-state index contributed by atoms with van der Waals surface area (Å²) in [5, 5.41) is 132. The van der Waals surface area contributed by atoms with Gasteiger partial charge in [-0.2, -0.15) is 0 Å². The summed E-state index contributed by atoms with van der Waals surface area (Å²) in [7, 11) is 0. The predicted octanol–water partition coefficient (Wildman–Crippen LogP) is -0.0284. The van der Waals surface area contributed by atoms with Gasteiger partial charge in [0.2, 0.25) is 0 Å². The van der Waals surface area contributed by atoms with Crippen molar-refractivity contribution in [2.75, 3.05) is 13.2 Å². The molecule has 12 N–H and O–H groups in total. The van der Waals surface area contributed by atoms with Gasteiger partial charge in [-0.3, -0.25) is 0 Å². The van der Waals surface area contributed by atoms with Crippen molar-refractivity contribution in [3.05, 3.63) is 11.6 Å². The lowest BCUT2D eigenvalue weighted by Crippen LogP contribution is -2.71. The van der Waals surface area contributed by atoms with Gasteiger partial charge in [0.25, 0.3) is 0 Å². The van der Waals surface area contributed by atoms with Gasteiger partial charge in [0.15, 0.2) is 18.9 Å². The van der Waals surface area contributed by atoms with Crippen molar-refractivity contribution < 1.29 is 89.7 Å². The van der Waals surface area contributed by atoms with Crippen LogP contribution in [0.25, 0.3) is 0 Å². The fourth-order valence-electron chi connectivity index (χ4n) is 14.9. The largest absolute Gasteiger partial charge is 0.394 e. The van der Waals surface area contributed by atoms with E-state index in [0.717, 1.165) is 5.57 Å². The predicted molar refractivity (Wildman–Crippen MR) is 234 cm³/mol. The molecular weight excluding hydrogens is 865 g/mol. The molecule has 3 saturated heterocycles. The Hall–Kier alpha value is -0.980. The van der Waals surface area contributed by atoms with E-state index in [1.807, 2.05) is 34.6 Å². The molecule has 66 heavy (non-hydrogen) atoms. The lowest BCUT2D eigenvalue weighted by atomic mass is 9.34. The SMILES string of the molecule is CC(C)=CCC[C@](C)(O[C@@H]1O[C@H](CO)[C@@H](O)[C@H](O)[C@H]1O)[C@@H]1CC[C@]2(C)[C@H]1[C@H](O)C[C@@H]1[C@@]3(C)CC[C@H](O)C(C)(C)[C@@H]3[C@@H](O[C@@H]3O[C@H](CO)[C@@H](O)[C@H](O)[C@H]3O[C@@H]3O[C@@H](C)[C@H](O)[C@@H](O)[C@H]3O)C[C@]12C. The molecule has 18 heteroatoms. The minimum absolute atomic E-state index is 0.0861. The number of allylic oxidation sites excluding steroid dienone is 2. The second-order valence-electron chi connectivity index (χ2n) is 23.0. The summed E-state index contributed by atoms with van der Waals surface area (Å²) < 4.78 is 38.1. The van der Waals surface area contributed by atoms with E-state index in [1.165, 1.54) is 6.92 Å². The Morgan fingerprint density at radius 2 is 1.27 bits per heavy atom. The van der Waals surface area contributed by atoms with Gasteiger partial charge in [-0.15, -0.1) is 0 Å². The van der Waals surface area contributed by atoms with Crippen LogP contribution < -0.4 is 0 Å². The summed E-state index contributed by atoms with van der Waals surface area (Å²) in [4.78, 5) is 0. The highest BCUT2D eigenvalue weighted by Crippen LogP contribution is 2.76. The lowest BCUT2D eigenvalue weighted by Gasteiger charge is -2.72. The number of aliphatic hydroxyl groups is 12. The average Bonchev–Trinajstić information content (AvgIpc) is 3.64. The van der Waals surface area contributed by atoms with Crippen LogP contribution in [0, 0.1) is 45.3 Å². The van der Waals surface area contributed by atoms with Crippen LogP contribution in [-0.2, 0) is 28.4 Å². The molecule has 7 fully saturated rings. The van der Waals surface area contributed by atoms with E-state index in [2.05, 4.69) is 26.8 Å². The highest BCUT2D eigenvalue weighted by molar-refractivity contribution is 5.22. The Morgan fingerprint density at radius 3 is 1.89 bits per heavy atom. The Bertz CT molecular complexity index is 1700. The zero-order valence-electron chi connectivity index (χ0n) is 40.2. The van der Waals surface area contributed by atoms with Gasteiger partial charge in [0.1, 0.15) is 67.1 Å². The number of hydrogen-bond acceptors (Lipinski definition) is 18. The molecular formula is C48H82O18. The van der Waals surface area contributed by atoms with Crippen LogP contribution in [-0.4, -0.2) is 191 Å².